The van der Waals surface area contributed by atoms with Crippen LogP contribution in [0.25, 0.3) is 10.9 Å². The van der Waals surface area contributed by atoms with Gasteiger partial charge < -0.3 is 0 Å². The van der Waals surface area contributed by atoms with Crippen molar-refractivity contribution in [2.75, 3.05) is 0 Å². The van der Waals surface area contributed by atoms with Gasteiger partial charge in [-0.25, -0.2) is 0 Å². The van der Waals surface area contributed by atoms with Gasteiger partial charge in [0.15, 0.2) is 0 Å². The first-order valence-corrected chi connectivity index (χ1v) is 4.65. The smallest absolute Gasteiger partial charge is 0.0597 e. The number of hydrogen-bond acceptors (Lipinski definition) is 0. The lowest BCUT2D eigenvalue weighted by Gasteiger charge is -1.93. The van der Waals surface area contributed by atoms with Crippen molar-refractivity contribution >= 4 is 27.1 Å². The highest BCUT2D eigenvalue weighted by molar-refractivity contribution is 9.08. The minimum absolute atomic E-state index is 1.24. The average Bonchev–Trinajstić information content (AvgIpc) is 2.33. The third kappa shape index (κ3) is 0.911. The molecule has 0 radical (unpaired) electrons. The molecule has 1 aromatic heterocycles. The highest BCUT2D eigenvalue weighted by atomic mass is 79.9. The molecule has 12 heavy (non-hydrogen) atoms. The molecule has 2 rings (SSSR count). The van der Waals surface area contributed by atoms with Gasteiger partial charge in [-0.15, -0.1) is 0 Å². The first kappa shape index (κ1) is 7.87. The van der Waals surface area contributed by atoms with Gasteiger partial charge in [-0.1, -0.05) is 18.2 Å². The summed E-state index contributed by atoms with van der Waals surface area (Å²) in [5.41, 5.74) is 3.87. The average molecular weight is 224 g/mol. The maximum Gasteiger partial charge on any atom is 0.0597 e. The molecule has 0 aliphatic heterocycles. The number of rotatable bonds is 0. The lowest BCUT2D eigenvalue weighted by atomic mass is 10.2. The summed E-state index contributed by atoms with van der Waals surface area (Å²) in [7, 11) is 0. The minimum atomic E-state index is 1.24. The Labute approximate surface area is 80.3 Å². The van der Waals surface area contributed by atoms with Crippen LogP contribution >= 0.6 is 16.1 Å². The molecule has 0 fully saturated rings. The Kier molecular flexibility index (Phi) is 1.72. The summed E-state index contributed by atoms with van der Waals surface area (Å²) in [5.74, 6) is 0. The summed E-state index contributed by atoms with van der Waals surface area (Å²) >= 11 is 3.52. The maximum atomic E-state index is 3.52. The molecule has 1 nitrogen and oxygen atoms in total. The number of hydrogen-bond donors (Lipinski definition) is 0. The summed E-state index contributed by atoms with van der Waals surface area (Å²) in [6.45, 7) is 4.26. The molecule has 1 aromatic carbocycles. The van der Waals surface area contributed by atoms with Gasteiger partial charge in [0.1, 0.15) is 0 Å². The van der Waals surface area contributed by atoms with Crippen LogP contribution in [0.2, 0.25) is 0 Å². The number of benzene rings is 1. The fourth-order valence-electron chi connectivity index (χ4n) is 1.48. The van der Waals surface area contributed by atoms with E-state index < -0.39 is 0 Å². The molecule has 0 amide bonds. The molecule has 0 saturated carbocycles. The summed E-state index contributed by atoms with van der Waals surface area (Å²) in [6.07, 6.45) is 0. The third-order valence-electron chi connectivity index (χ3n) is 2.36. The Morgan fingerprint density at radius 1 is 1.17 bits per heavy atom. The number of fused-ring (bicyclic) bond motifs is 1. The van der Waals surface area contributed by atoms with E-state index in [0.29, 0.717) is 0 Å². The Morgan fingerprint density at radius 2 is 1.83 bits per heavy atom. The number of aromatic nitrogens is 1. The Balaban J connectivity index is 2.99. The molecular formula is C10H10BrN. The van der Waals surface area contributed by atoms with Gasteiger partial charge in [0.25, 0.3) is 0 Å². The molecular weight excluding hydrogens is 214 g/mol. The second-order valence-corrected chi connectivity index (χ2v) is 3.72. The molecule has 62 valence electrons. The highest BCUT2D eigenvalue weighted by Crippen LogP contribution is 2.25. The predicted molar refractivity (Wildman–Crippen MR) is 55.7 cm³/mol. The number of aryl methyl sites for hydroxylation is 1. The van der Waals surface area contributed by atoms with Crippen LogP contribution in [0.5, 0.6) is 0 Å². The maximum absolute atomic E-state index is 3.52. The van der Waals surface area contributed by atoms with Crippen molar-refractivity contribution in [3.8, 4) is 0 Å². The summed E-state index contributed by atoms with van der Waals surface area (Å²) in [4.78, 5) is 0. The Bertz CT molecular complexity index is 390. The zero-order valence-electron chi connectivity index (χ0n) is 7.13. The standard InChI is InChI=1S/C10H10BrN/c1-7-8(2)12(11)10-6-4-3-5-9(7)10/h3-6H,1-2H3. The van der Waals surface area contributed by atoms with Crippen LogP contribution in [0, 0.1) is 13.8 Å². The van der Waals surface area contributed by atoms with Crippen molar-refractivity contribution < 1.29 is 0 Å². The fourth-order valence-corrected chi connectivity index (χ4v) is 2.06. The van der Waals surface area contributed by atoms with Gasteiger partial charge in [-0.2, -0.15) is 0 Å². The topological polar surface area (TPSA) is 4.93 Å². The number of halogens is 1. The fraction of sp³-hybridized carbons (Fsp3) is 0.200. The molecule has 0 bridgehead atoms. The first-order chi connectivity index (χ1) is 5.72. The summed E-state index contributed by atoms with van der Waals surface area (Å²) < 4.78 is 2.05. The van der Waals surface area contributed by atoms with E-state index in [1.807, 2.05) is 0 Å². The van der Waals surface area contributed by atoms with Crippen LogP contribution in [-0.4, -0.2) is 3.59 Å². The van der Waals surface area contributed by atoms with E-state index in [1.54, 1.807) is 0 Å². The lowest BCUT2D eigenvalue weighted by Crippen LogP contribution is -1.81. The van der Waals surface area contributed by atoms with E-state index in [0.717, 1.165) is 0 Å². The van der Waals surface area contributed by atoms with Crippen LogP contribution in [0.4, 0.5) is 0 Å². The summed E-state index contributed by atoms with van der Waals surface area (Å²) in [6, 6.07) is 8.39. The lowest BCUT2D eigenvalue weighted by molar-refractivity contribution is 1.21. The zero-order valence-corrected chi connectivity index (χ0v) is 8.72. The van der Waals surface area contributed by atoms with Gasteiger partial charge in [0.2, 0.25) is 0 Å². The van der Waals surface area contributed by atoms with E-state index in [4.69, 9.17) is 0 Å². The largest absolute Gasteiger partial charge is 0.281 e. The van der Waals surface area contributed by atoms with Crippen molar-refractivity contribution in [2.24, 2.45) is 0 Å². The molecule has 0 aliphatic carbocycles. The van der Waals surface area contributed by atoms with Crippen LogP contribution in [0.3, 0.4) is 0 Å². The van der Waals surface area contributed by atoms with Gasteiger partial charge in [-0.05, 0) is 25.5 Å². The van der Waals surface area contributed by atoms with E-state index >= 15 is 0 Å². The normalized spacial score (nSPS) is 10.9. The first-order valence-electron chi connectivity index (χ1n) is 3.94. The second-order valence-electron chi connectivity index (χ2n) is 3.01. The van der Waals surface area contributed by atoms with Gasteiger partial charge in [-0.3, -0.25) is 3.59 Å². The quantitative estimate of drug-likeness (QED) is 0.646. The number of para-hydroxylation sites is 1. The van der Waals surface area contributed by atoms with Crippen LogP contribution in [0.15, 0.2) is 24.3 Å². The SMILES string of the molecule is Cc1c(C)n(Br)c2ccccc12. The monoisotopic (exact) mass is 223 g/mol. The van der Waals surface area contributed by atoms with E-state index in [-0.39, 0.29) is 0 Å². The van der Waals surface area contributed by atoms with Crippen LogP contribution < -0.4 is 0 Å². The molecule has 2 aromatic rings. The third-order valence-corrected chi connectivity index (χ3v) is 3.27. The van der Waals surface area contributed by atoms with Crippen LogP contribution in [0.1, 0.15) is 11.3 Å². The Hall–Kier alpha value is -0.760. The second kappa shape index (κ2) is 2.63. The molecule has 0 spiro atoms. The molecule has 0 unspecified atom stereocenters. The molecule has 2 heteroatoms. The van der Waals surface area contributed by atoms with Crippen LogP contribution in [-0.2, 0) is 0 Å². The van der Waals surface area contributed by atoms with Gasteiger partial charge in [0, 0.05) is 11.1 Å². The number of nitrogens with zero attached hydrogens (tertiary/aromatic N) is 1. The minimum Gasteiger partial charge on any atom is -0.281 e. The van der Waals surface area contributed by atoms with Crippen molar-refractivity contribution in [1.29, 1.82) is 0 Å². The van der Waals surface area contributed by atoms with Gasteiger partial charge in [0.05, 0.1) is 21.7 Å². The molecule has 0 N–H and O–H groups in total. The molecule has 0 atom stereocenters. The van der Waals surface area contributed by atoms with Crippen molar-refractivity contribution in [3.63, 3.8) is 0 Å². The van der Waals surface area contributed by atoms with Gasteiger partial charge >= 0.3 is 0 Å². The summed E-state index contributed by atoms with van der Waals surface area (Å²) in [5, 5.41) is 1.33. The zero-order chi connectivity index (χ0) is 8.72. The molecule has 0 aliphatic rings. The molecule has 1 heterocycles. The Morgan fingerprint density at radius 3 is 2.50 bits per heavy atom. The van der Waals surface area contributed by atoms with E-state index in [9.17, 15) is 0 Å². The van der Waals surface area contributed by atoms with Crippen molar-refractivity contribution in [1.82, 2.24) is 3.59 Å². The predicted octanol–water partition coefficient (Wildman–Crippen LogP) is 3.42. The molecule has 0 saturated heterocycles. The van der Waals surface area contributed by atoms with E-state index in [2.05, 4.69) is 57.9 Å². The highest BCUT2D eigenvalue weighted by Gasteiger charge is 2.06. The van der Waals surface area contributed by atoms with Crippen molar-refractivity contribution in [3.05, 3.63) is 35.5 Å². The van der Waals surface area contributed by atoms with Crippen molar-refractivity contribution in [2.45, 2.75) is 13.8 Å². The van der Waals surface area contributed by atoms with E-state index in [1.165, 1.54) is 22.2 Å².